The molecule has 2 aromatic rings. The molecule has 4 rings (SSSR count). The second kappa shape index (κ2) is 9.58. The van der Waals surface area contributed by atoms with Crippen LogP contribution in [0.1, 0.15) is 43.0 Å². The Bertz CT molecular complexity index is 1060. The third-order valence-electron chi connectivity index (χ3n) is 6.10. The van der Waals surface area contributed by atoms with Crippen molar-refractivity contribution in [1.82, 2.24) is 9.88 Å². The van der Waals surface area contributed by atoms with Crippen LogP contribution in [0.4, 0.5) is 11.4 Å². The van der Waals surface area contributed by atoms with Crippen LogP contribution in [0.3, 0.4) is 0 Å². The van der Waals surface area contributed by atoms with E-state index < -0.39 is 5.66 Å². The molecule has 1 aromatic carbocycles. The second-order valence-corrected chi connectivity index (χ2v) is 8.27. The van der Waals surface area contributed by atoms with Gasteiger partial charge in [-0.3, -0.25) is 19.3 Å². The standard InChI is InChI=1S/C24H28N4O5/c1-24-12-11-21(30)28(24)19-9-4-3-7-17(19)23(31)27(24)14-6-10-20(29)26-18-8-5-13-25-22(18)33-16-15-32-2/h3-5,7-9,13H,6,10-12,14-16H2,1-2H3,(H,26,29). The number of nitrogens with zero attached hydrogens (tertiary/aromatic N) is 3. The maximum Gasteiger partial charge on any atom is 0.257 e. The molecule has 1 fully saturated rings. The predicted molar refractivity (Wildman–Crippen MR) is 122 cm³/mol. The Hall–Kier alpha value is -3.46. The molecule has 2 aliphatic heterocycles. The Balaban J connectivity index is 1.40. The van der Waals surface area contributed by atoms with E-state index in [1.807, 2.05) is 19.1 Å². The summed E-state index contributed by atoms with van der Waals surface area (Å²) in [6.07, 6.45) is 3.21. The lowest BCUT2D eigenvalue weighted by Crippen LogP contribution is -2.62. The molecule has 0 spiro atoms. The van der Waals surface area contributed by atoms with Crippen molar-refractivity contribution in [1.29, 1.82) is 0 Å². The van der Waals surface area contributed by atoms with Crippen molar-refractivity contribution in [3.8, 4) is 5.88 Å². The molecular weight excluding hydrogens is 424 g/mol. The number of rotatable bonds is 9. The van der Waals surface area contributed by atoms with E-state index in [2.05, 4.69) is 10.3 Å². The summed E-state index contributed by atoms with van der Waals surface area (Å²) in [7, 11) is 1.58. The molecule has 9 nitrogen and oxygen atoms in total. The molecule has 0 bridgehead atoms. The fraction of sp³-hybridized carbons (Fsp3) is 0.417. The topological polar surface area (TPSA) is 101 Å². The molecule has 0 aliphatic carbocycles. The van der Waals surface area contributed by atoms with Crippen LogP contribution in [0.5, 0.6) is 5.88 Å². The van der Waals surface area contributed by atoms with Crippen LogP contribution in [0, 0.1) is 0 Å². The van der Waals surface area contributed by atoms with Gasteiger partial charge >= 0.3 is 0 Å². The number of carbonyl (C=O) groups excluding carboxylic acids is 3. The number of benzene rings is 1. The number of amides is 3. The van der Waals surface area contributed by atoms with Crippen molar-refractivity contribution < 1.29 is 23.9 Å². The van der Waals surface area contributed by atoms with Crippen molar-refractivity contribution in [3.05, 3.63) is 48.2 Å². The number of carbonyl (C=O) groups is 3. The summed E-state index contributed by atoms with van der Waals surface area (Å²) in [5, 5.41) is 2.83. The van der Waals surface area contributed by atoms with Crippen LogP contribution in [-0.2, 0) is 14.3 Å². The number of methoxy groups -OCH3 is 1. The van der Waals surface area contributed by atoms with Gasteiger partial charge in [-0.2, -0.15) is 0 Å². The largest absolute Gasteiger partial charge is 0.474 e. The molecule has 2 aliphatic rings. The summed E-state index contributed by atoms with van der Waals surface area (Å²) in [4.78, 5) is 46.1. The van der Waals surface area contributed by atoms with Gasteiger partial charge in [0.05, 0.1) is 17.9 Å². The van der Waals surface area contributed by atoms with Gasteiger partial charge in [-0.1, -0.05) is 12.1 Å². The lowest BCUT2D eigenvalue weighted by Gasteiger charge is -2.48. The summed E-state index contributed by atoms with van der Waals surface area (Å²) < 4.78 is 10.5. The molecule has 1 unspecified atom stereocenters. The van der Waals surface area contributed by atoms with Crippen LogP contribution >= 0.6 is 0 Å². The highest BCUT2D eigenvalue weighted by atomic mass is 16.5. The first-order valence-corrected chi connectivity index (χ1v) is 11.1. The average Bonchev–Trinajstić information content (AvgIpc) is 3.12. The van der Waals surface area contributed by atoms with E-state index in [-0.39, 0.29) is 24.1 Å². The molecule has 1 N–H and O–H groups in total. The molecule has 1 atom stereocenters. The highest BCUT2D eigenvalue weighted by molar-refractivity contribution is 6.10. The fourth-order valence-corrected chi connectivity index (χ4v) is 4.47. The quantitative estimate of drug-likeness (QED) is 0.587. The van der Waals surface area contributed by atoms with E-state index in [9.17, 15) is 14.4 Å². The zero-order valence-corrected chi connectivity index (χ0v) is 18.9. The summed E-state index contributed by atoms with van der Waals surface area (Å²) >= 11 is 0. The van der Waals surface area contributed by atoms with Gasteiger partial charge in [0.1, 0.15) is 18.0 Å². The van der Waals surface area contributed by atoms with E-state index in [1.54, 1.807) is 47.4 Å². The monoisotopic (exact) mass is 452 g/mol. The lowest BCUT2D eigenvalue weighted by atomic mass is 9.98. The van der Waals surface area contributed by atoms with Crippen molar-refractivity contribution in [3.63, 3.8) is 0 Å². The predicted octanol–water partition coefficient (Wildman–Crippen LogP) is 2.82. The van der Waals surface area contributed by atoms with Gasteiger partial charge in [-0.25, -0.2) is 4.98 Å². The maximum absolute atomic E-state index is 13.3. The second-order valence-electron chi connectivity index (χ2n) is 8.27. The molecule has 3 amide bonds. The summed E-state index contributed by atoms with van der Waals surface area (Å²) in [6.45, 7) is 3.02. The Morgan fingerprint density at radius 1 is 1.18 bits per heavy atom. The number of para-hydroxylation sites is 1. The average molecular weight is 453 g/mol. The molecule has 0 saturated carbocycles. The summed E-state index contributed by atoms with van der Waals surface area (Å²) in [6, 6.07) is 10.6. The molecular formula is C24H28N4O5. The first-order valence-electron chi connectivity index (χ1n) is 11.1. The third-order valence-corrected chi connectivity index (χ3v) is 6.10. The summed E-state index contributed by atoms with van der Waals surface area (Å²) in [5.41, 5.74) is 0.952. The van der Waals surface area contributed by atoms with E-state index in [0.29, 0.717) is 61.8 Å². The Morgan fingerprint density at radius 3 is 2.82 bits per heavy atom. The van der Waals surface area contributed by atoms with Crippen molar-refractivity contribution in [2.75, 3.05) is 37.1 Å². The fourth-order valence-electron chi connectivity index (χ4n) is 4.47. The normalized spacial score (nSPS) is 19.3. The zero-order chi connectivity index (χ0) is 23.4. The number of aromatic nitrogens is 1. The van der Waals surface area contributed by atoms with Crippen molar-refractivity contribution >= 4 is 29.1 Å². The van der Waals surface area contributed by atoms with E-state index in [1.165, 1.54) is 0 Å². The molecule has 33 heavy (non-hydrogen) atoms. The third kappa shape index (κ3) is 4.41. The zero-order valence-electron chi connectivity index (χ0n) is 18.9. The number of hydrogen-bond acceptors (Lipinski definition) is 6. The van der Waals surface area contributed by atoms with Gasteiger partial charge in [-0.05, 0) is 44.0 Å². The van der Waals surface area contributed by atoms with Gasteiger partial charge in [0.2, 0.25) is 17.7 Å². The first-order chi connectivity index (χ1) is 16.0. The molecule has 0 radical (unpaired) electrons. The Morgan fingerprint density at radius 2 is 2.00 bits per heavy atom. The first kappa shape index (κ1) is 22.7. The van der Waals surface area contributed by atoms with Crippen molar-refractivity contribution in [2.24, 2.45) is 0 Å². The number of pyridine rings is 1. The number of nitrogens with one attached hydrogen (secondary N) is 1. The Kier molecular flexibility index (Phi) is 6.60. The number of fused-ring (bicyclic) bond motifs is 3. The van der Waals surface area contributed by atoms with Gasteiger partial charge in [-0.15, -0.1) is 0 Å². The Labute approximate surface area is 192 Å². The molecule has 1 aromatic heterocycles. The summed E-state index contributed by atoms with van der Waals surface area (Å²) in [5.74, 6) is 0.0330. The molecule has 3 heterocycles. The van der Waals surface area contributed by atoms with Crippen LogP contribution in [0.15, 0.2) is 42.6 Å². The number of hydrogen-bond donors (Lipinski definition) is 1. The number of ether oxygens (including phenoxy) is 2. The van der Waals surface area contributed by atoms with Gasteiger partial charge in [0.25, 0.3) is 5.91 Å². The van der Waals surface area contributed by atoms with Crippen LogP contribution in [0.2, 0.25) is 0 Å². The lowest BCUT2D eigenvalue weighted by molar-refractivity contribution is -0.118. The van der Waals surface area contributed by atoms with E-state index in [4.69, 9.17) is 9.47 Å². The minimum atomic E-state index is -0.718. The van der Waals surface area contributed by atoms with Gasteiger partial charge in [0, 0.05) is 32.7 Å². The van der Waals surface area contributed by atoms with Crippen molar-refractivity contribution in [2.45, 2.75) is 38.3 Å². The minimum Gasteiger partial charge on any atom is -0.474 e. The van der Waals surface area contributed by atoms with E-state index >= 15 is 0 Å². The molecule has 9 heteroatoms. The van der Waals surface area contributed by atoms with Crippen LogP contribution in [-0.4, -0.2) is 60.1 Å². The minimum absolute atomic E-state index is 0.0118. The van der Waals surface area contributed by atoms with Gasteiger partial charge < -0.3 is 19.7 Å². The van der Waals surface area contributed by atoms with Gasteiger partial charge in [0.15, 0.2) is 0 Å². The highest BCUT2D eigenvalue weighted by Gasteiger charge is 2.52. The highest BCUT2D eigenvalue weighted by Crippen LogP contribution is 2.44. The SMILES string of the molecule is COCCOc1ncccc1NC(=O)CCCN1C(=O)c2ccccc2N2C(=O)CCC12C. The van der Waals surface area contributed by atoms with Crippen LogP contribution in [0.25, 0.3) is 0 Å². The molecule has 1 saturated heterocycles. The maximum atomic E-state index is 13.3. The smallest absolute Gasteiger partial charge is 0.257 e. The molecule has 174 valence electrons. The van der Waals surface area contributed by atoms with E-state index in [0.717, 1.165) is 0 Å². The number of anilines is 2. The van der Waals surface area contributed by atoms with Crippen LogP contribution < -0.4 is 15.0 Å².